The molecule has 0 aromatic heterocycles. The summed E-state index contributed by atoms with van der Waals surface area (Å²) in [6.45, 7) is 2.26. The molecule has 84 valence electrons. The molecule has 0 bridgehead atoms. The topological polar surface area (TPSA) is 20.2 Å². The molecule has 1 aliphatic carbocycles. The summed E-state index contributed by atoms with van der Waals surface area (Å²) in [6, 6.07) is 0. The van der Waals surface area contributed by atoms with Crippen molar-refractivity contribution < 1.29 is 5.11 Å². The van der Waals surface area contributed by atoms with E-state index in [2.05, 4.69) is 6.92 Å². The van der Waals surface area contributed by atoms with Gasteiger partial charge in [0.05, 0.1) is 5.60 Å². The highest BCUT2D eigenvalue weighted by Gasteiger charge is 2.33. The molecule has 0 unspecified atom stereocenters. The summed E-state index contributed by atoms with van der Waals surface area (Å²) >= 11 is 0. The van der Waals surface area contributed by atoms with Crippen LogP contribution in [0.2, 0.25) is 0 Å². The third-order valence-electron chi connectivity index (χ3n) is 3.53. The van der Waals surface area contributed by atoms with Crippen LogP contribution in [-0.2, 0) is 0 Å². The second-order valence-corrected chi connectivity index (χ2v) is 4.95. The summed E-state index contributed by atoms with van der Waals surface area (Å²) in [5.41, 5.74) is -0.233. The van der Waals surface area contributed by atoms with Crippen molar-refractivity contribution in [2.24, 2.45) is 0 Å². The Kier molecular flexibility index (Phi) is 5.54. The van der Waals surface area contributed by atoms with Gasteiger partial charge in [-0.1, -0.05) is 51.9 Å². The van der Waals surface area contributed by atoms with Crippen molar-refractivity contribution >= 4 is 0 Å². The fourth-order valence-electron chi connectivity index (χ4n) is 2.25. The number of unbranched alkanes of at least 4 members (excludes halogenated alkanes) is 6. The first-order valence-corrected chi connectivity index (χ1v) is 6.49. The molecule has 0 saturated heterocycles. The van der Waals surface area contributed by atoms with E-state index in [1.54, 1.807) is 0 Å². The van der Waals surface area contributed by atoms with Gasteiger partial charge in [0, 0.05) is 0 Å². The fraction of sp³-hybridized carbons (Fsp3) is 1.00. The summed E-state index contributed by atoms with van der Waals surface area (Å²) in [7, 11) is 0. The maximum Gasteiger partial charge on any atom is 0.0647 e. The lowest BCUT2D eigenvalue weighted by Crippen LogP contribution is -2.36. The van der Waals surface area contributed by atoms with E-state index in [0.717, 1.165) is 19.3 Å². The van der Waals surface area contributed by atoms with Gasteiger partial charge in [0.1, 0.15) is 0 Å². The minimum absolute atomic E-state index is 0.233. The van der Waals surface area contributed by atoms with Gasteiger partial charge >= 0.3 is 0 Å². The van der Waals surface area contributed by atoms with Crippen LogP contribution in [0.25, 0.3) is 0 Å². The van der Waals surface area contributed by atoms with Gasteiger partial charge in [0.25, 0.3) is 0 Å². The van der Waals surface area contributed by atoms with Gasteiger partial charge < -0.3 is 5.11 Å². The van der Waals surface area contributed by atoms with Crippen molar-refractivity contribution in [3.8, 4) is 0 Å². The zero-order valence-corrected chi connectivity index (χ0v) is 9.73. The van der Waals surface area contributed by atoms with Crippen LogP contribution in [-0.4, -0.2) is 10.7 Å². The lowest BCUT2D eigenvalue weighted by molar-refractivity contribution is -0.0419. The molecule has 1 fully saturated rings. The first kappa shape index (κ1) is 12.0. The Morgan fingerprint density at radius 3 is 2.00 bits per heavy atom. The average Bonchev–Trinajstić information content (AvgIpc) is 2.14. The predicted molar refractivity (Wildman–Crippen MR) is 61.4 cm³/mol. The zero-order valence-electron chi connectivity index (χ0n) is 9.73. The number of hydrogen-bond donors (Lipinski definition) is 1. The molecule has 1 nitrogen and oxygen atoms in total. The molecule has 1 N–H and O–H groups in total. The van der Waals surface area contributed by atoms with Gasteiger partial charge in [0.15, 0.2) is 0 Å². The van der Waals surface area contributed by atoms with Crippen LogP contribution < -0.4 is 0 Å². The van der Waals surface area contributed by atoms with E-state index < -0.39 is 0 Å². The predicted octanol–water partition coefficient (Wildman–Crippen LogP) is 4.04. The molecule has 0 heterocycles. The highest BCUT2D eigenvalue weighted by atomic mass is 16.3. The van der Waals surface area contributed by atoms with Crippen LogP contribution in [0.3, 0.4) is 0 Å². The van der Waals surface area contributed by atoms with E-state index in [1.165, 1.54) is 51.4 Å². The molecular formula is C13H26O. The van der Waals surface area contributed by atoms with Crippen LogP contribution in [0.1, 0.15) is 77.6 Å². The molecule has 1 rings (SSSR count). The second kappa shape index (κ2) is 6.44. The molecule has 0 spiro atoms. The molecule has 0 aromatic rings. The molecule has 1 heteroatoms. The number of rotatable bonds is 8. The van der Waals surface area contributed by atoms with Crippen molar-refractivity contribution in [1.29, 1.82) is 0 Å². The Bertz CT molecular complexity index is 138. The monoisotopic (exact) mass is 198 g/mol. The Hall–Kier alpha value is -0.0400. The smallest absolute Gasteiger partial charge is 0.0647 e. The standard InChI is InChI=1S/C13H26O/c1-2-3-4-5-6-7-8-10-13(14)11-9-12-13/h14H,2-12H2,1H3. The van der Waals surface area contributed by atoms with E-state index >= 15 is 0 Å². The second-order valence-electron chi connectivity index (χ2n) is 4.95. The highest BCUT2D eigenvalue weighted by molar-refractivity contribution is 4.86. The first-order valence-electron chi connectivity index (χ1n) is 6.49. The summed E-state index contributed by atoms with van der Waals surface area (Å²) < 4.78 is 0. The van der Waals surface area contributed by atoms with Gasteiger partial charge in [-0.15, -0.1) is 0 Å². The molecule has 0 radical (unpaired) electrons. The van der Waals surface area contributed by atoms with Gasteiger partial charge in [-0.2, -0.15) is 0 Å². The largest absolute Gasteiger partial charge is 0.390 e. The first-order chi connectivity index (χ1) is 6.77. The van der Waals surface area contributed by atoms with Crippen molar-refractivity contribution in [3.63, 3.8) is 0 Å². The third-order valence-corrected chi connectivity index (χ3v) is 3.53. The van der Waals surface area contributed by atoms with E-state index in [1.807, 2.05) is 0 Å². The molecule has 0 atom stereocenters. The Morgan fingerprint density at radius 1 is 0.929 bits per heavy atom. The molecule has 1 aliphatic rings. The normalized spacial score (nSPS) is 19.3. The average molecular weight is 198 g/mol. The molecular weight excluding hydrogens is 172 g/mol. The van der Waals surface area contributed by atoms with Gasteiger partial charge in [-0.3, -0.25) is 0 Å². The third kappa shape index (κ3) is 4.45. The Balaban J connectivity index is 1.80. The maximum atomic E-state index is 9.85. The van der Waals surface area contributed by atoms with Crippen molar-refractivity contribution in [1.82, 2.24) is 0 Å². The SMILES string of the molecule is CCCCCCCCCC1(O)CCC1. The van der Waals surface area contributed by atoms with E-state index in [0.29, 0.717) is 0 Å². The number of hydrogen-bond acceptors (Lipinski definition) is 1. The lowest BCUT2D eigenvalue weighted by Gasteiger charge is -2.36. The molecule has 0 aliphatic heterocycles. The van der Waals surface area contributed by atoms with Gasteiger partial charge in [-0.25, -0.2) is 0 Å². The summed E-state index contributed by atoms with van der Waals surface area (Å²) in [5, 5.41) is 9.85. The Morgan fingerprint density at radius 2 is 1.50 bits per heavy atom. The molecule has 14 heavy (non-hydrogen) atoms. The molecule has 0 aromatic carbocycles. The van der Waals surface area contributed by atoms with Crippen LogP contribution in [0.15, 0.2) is 0 Å². The molecule has 1 saturated carbocycles. The maximum absolute atomic E-state index is 9.85. The van der Waals surface area contributed by atoms with Crippen molar-refractivity contribution in [2.75, 3.05) is 0 Å². The minimum Gasteiger partial charge on any atom is -0.390 e. The van der Waals surface area contributed by atoms with E-state index in [9.17, 15) is 5.11 Å². The lowest BCUT2D eigenvalue weighted by atomic mass is 9.77. The van der Waals surface area contributed by atoms with E-state index in [-0.39, 0.29) is 5.60 Å². The van der Waals surface area contributed by atoms with Gasteiger partial charge in [0.2, 0.25) is 0 Å². The van der Waals surface area contributed by atoms with Crippen LogP contribution in [0.5, 0.6) is 0 Å². The van der Waals surface area contributed by atoms with Crippen LogP contribution in [0, 0.1) is 0 Å². The van der Waals surface area contributed by atoms with E-state index in [4.69, 9.17) is 0 Å². The van der Waals surface area contributed by atoms with Crippen LogP contribution in [0.4, 0.5) is 0 Å². The molecule has 0 amide bonds. The van der Waals surface area contributed by atoms with Gasteiger partial charge in [-0.05, 0) is 25.7 Å². The number of aliphatic hydroxyl groups is 1. The van der Waals surface area contributed by atoms with Crippen molar-refractivity contribution in [2.45, 2.75) is 83.2 Å². The summed E-state index contributed by atoms with van der Waals surface area (Å²) in [4.78, 5) is 0. The highest BCUT2D eigenvalue weighted by Crippen LogP contribution is 2.36. The summed E-state index contributed by atoms with van der Waals surface area (Å²) in [5.74, 6) is 0. The van der Waals surface area contributed by atoms with Crippen molar-refractivity contribution in [3.05, 3.63) is 0 Å². The zero-order chi connectivity index (χ0) is 10.3. The Labute approximate surface area is 88.9 Å². The minimum atomic E-state index is -0.233. The fourth-order valence-corrected chi connectivity index (χ4v) is 2.25. The quantitative estimate of drug-likeness (QED) is 0.583. The summed E-state index contributed by atoms with van der Waals surface area (Å²) in [6.07, 6.45) is 13.9. The van der Waals surface area contributed by atoms with Crippen LogP contribution >= 0.6 is 0 Å².